The molecule has 6 heteroatoms. The van der Waals surface area contributed by atoms with E-state index in [1.54, 1.807) is 19.2 Å². The summed E-state index contributed by atoms with van der Waals surface area (Å²) >= 11 is 0. The molecule has 3 aliphatic rings. The van der Waals surface area contributed by atoms with Crippen LogP contribution in [0.5, 0.6) is 5.75 Å². The molecule has 0 saturated carbocycles. The van der Waals surface area contributed by atoms with E-state index in [0.29, 0.717) is 23.7 Å². The Labute approximate surface area is 183 Å². The largest absolute Gasteiger partial charge is 0.497 e. The van der Waals surface area contributed by atoms with Crippen molar-refractivity contribution in [2.24, 2.45) is 0 Å². The predicted octanol–water partition coefficient (Wildman–Crippen LogP) is 3.21. The van der Waals surface area contributed by atoms with Gasteiger partial charge in [-0.25, -0.2) is 0 Å². The van der Waals surface area contributed by atoms with E-state index in [-0.39, 0.29) is 11.8 Å². The number of carbonyl (C=O) groups is 2. The lowest BCUT2D eigenvalue weighted by Crippen LogP contribution is -2.55. The third kappa shape index (κ3) is 3.69. The summed E-state index contributed by atoms with van der Waals surface area (Å²) in [6, 6.07) is 14.1. The van der Waals surface area contributed by atoms with Gasteiger partial charge in [-0.15, -0.1) is 0 Å². The molecule has 3 heterocycles. The first-order chi connectivity index (χ1) is 15.2. The monoisotopic (exact) mass is 419 g/mol. The molecule has 1 atom stereocenters. The van der Waals surface area contributed by atoms with E-state index in [2.05, 4.69) is 28.0 Å². The molecule has 0 bridgehead atoms. The zero-order valence-corrected chi connectivity index (χ0v) is 18.0. The van der Waals surface area contributed by atoms with Crippen molar-refractivity contribution in [2.45, 2.75) is 31.7 Å². The molecule has 0 N–H and O–H groups in total. The Balaban J connectivity index is 1.11. The van der Waals surface area contributed by atoms with Crippen LogP contribution in [0.1, 0.15) is 45.5 Å². The van der Waals surface area contributed by atoms with E-state index in [9.17, 15) is 9.59 Å². The lowest BCUT2D eigenvalue weighted by Gasteiger charge is -2.46. The Morgan fingerprint density at radius 3 is 2.45 bits per heavy atom. The molecule has 162 valence electrons. The van der Waals surface area contributed by atoms with Crippen molar-refractivity contribution in [1.82, 2.24) is 9.80 Å². The van der Waals surface area contributed by atoms with E-state index in [0.717, 1.165) is 51.2 Å². The molecule has 31 heavy (non-hydrogen) atoms. The topological polar surface area (TPSA) is 53.1 Å². The number of unbranched alkanes of at least 4 members (excludes halogenated alkanes) is 1. The maximum Gasteiger partial charge on any atom is 0.261 e. The number of hydrogen-bond acceptors (Lipinski definition) is 5. The number of nitrogens with zero attached hydrogens (tertiary/aromatic N) is 3. The molecular weight excluding hydrogens is 390 g/mol. The molecule has 3 aliphatic heterocycles. The van der Waals surface area contributed by atoms with E-state index in [1.807, 2.05) is 12.1 Å². The van der Waals surface area contributed by atoms with Crippen molar-refractivity contribution in [3.05, 3.63) is 59.2 Å². The molecule has 2 aromatic carbocycles. The predicted molar refractivity (Wildman–Crippen MR) is 120 cm³/mol. The number of benzene rings is 2. The molecule has 0 unspecified atom stereocenters. The minimum Gasteiger partial charge on any atom is -0.497 e. The van der Waals surface area contributed by atoms with Gasteiger partial charge >= 0.3 is 0 Å². The number of methoxy groups -OCH3 is 1. The summed E-state index contributed by atoms with van der Waals surface area (Å²) in [4.78, 5) is 31.5. The summed E-state index contributed by atoms with van der Waals surface area (Å²) in [5.74, 6) is 0.646. The van der Waals surface area contributed by atoms with Crippen molar-refractivity contribution >= 4 is 17.5 Å². The number of aryl methyl sites for hydroxylation is 1. The van der Waals surface area contributed by atoms with Gasteiger partial charge in [0.15, 0.2) is 0 Å². The highest BCUT2D eigenvalue weighted by Gasteiger charge is 2.35. The van der Waals surface area contributed by atoms with Crippen molar-refractivity contribution in [2.75, 3.05) is 44.7 Å². The summed E-state index contributed by atoms with van der Waals surface area (Å²) in [6.45, 7) is 4.70. The van der Waals surface area contributed by atoms with E-state index >= 15 is 0 Å². The van der Waals surface area contributed by atoms with Gasteiger partial charge in [-0.2, -0.15) is 0 Å². The fraction of sp³-hybridized carbons (Fsp3) is 0.440. The number of imide groups is 1. The van der Waals surface area contributed by atoms with Gasteiger partial charge < -0.3 is 9.64 Å². The van der Waals surface area contributed by atoms with E-state index < -0.39 is 0 Å². The van der Waals surface area contributed by atoms with Gasteiger partial charge in [0.2, 0.25) is 0 Å². The van der Waals surface area contributed by atoms with Crippen LogP contribution >= 0.6 is 0 Å². The summed E-state index contributed by atoms with van der Waals surface area (Å²) in [7, 11) is 1.72. The van der Waals surface area contributed by atoms with Crippen LogP contribution in [0.2, 0.25) is 0 Å². The minimum absolute atomic E-state index is 0.147. The smallest absolute Gasteiger partial charge is 0.261 e. The highest BCUT2D eigenvalue weighted by molar-refractivity contribution is 6.21. The number of amides is 2. The van der Waals surface area contributed by atoms with Crippen molar-refractivity contribution in [3.8, 4) is 5.75 Å². The summed E-state index contributed by atoms with van der Waals surface area (Å²) in [5, 5.41) is 0. The summed E-state index contributed by atoms with van der Waals surface area (Å²) < 4.78 is 5.38. The fourth-order valence-corrected chi connectivity index (χ4v) is 5.23. The Morgan fingerprint density at radius 1 is 0.968 bits per heavy atom. The van der Waals surface area contributed by atoms with Crippen LogP contribution in [0, 0.1) is 0 Å². The van der Waals surface area contributed by atoms with Gasteiger partial charge in [0, 0.05) is 37.9 Å². The van der Waals surface area contributed by atoms with Crippen LogP contribution < -0.4 is 9.64 Å². The minimum atomic E-state index is -0.147. The van der Waals surface area contributed by atoms with Gasteiger partial charge in [-0.3, -0.25) is 19.4 Å². The highest BCUT2D eigenvalue weighted by atomic mass is 16.5. The summed E-state index contributed by atoms with van der Waals surface area (Å²) in [6.07, 6.45) is 4.11. The van der Waals surface area contributed by atoms with Crippen LogP contribution in [-0.4, -0.2) is 67.5 Å². The normalized spacial score (nSPS) is 20.5. The molecule has 1 fully saturated rings. The first-order valence-corrected chi connectivity index (χ1v) is 11.3. The molecule has 2 amide bonds. The average molecular weight is 420 g/mol. The van der Waals surface area contributed by atoms with Crippen LogP contribution in [0.15, 0.2) is 42.5 Å². The Kier molecular flexibility index (Phi) is 5.40. The zero-order chi connectivity index (χ0) is 21.4. The molecule has 5 rings (SSSR count). The second kappa shape index (κ2) is 8.35. The Morgan fingerprint density at radius 2 is 1.71 bits per heavy atom. The van der Waals surface area contributed by atoms with Crippen LogP contribution in [0.3, 0.4) is 0 Å². The highest BCUT2D eigenvalue weighted by Crippen LogP contribution is 2.35. The number of anilines is 1. The number of rotatable bonds is 6. The third-order valence-corrected chi connectivity index (χ3v) is 6.89. The third-order valence-electron chi connectivity index (χ3n) is 6.89. The SMILES string of the molecule is COc1ccc2c(c1)CC[C@@H]1CN(CCCCN3C(=O)c4ccccc4C3=O)CCN21. The molecule has 0 spiro atoms. The number of ether oxygens (including phenoxy) is 1. The van der Waals surface area contributed by atoms with Gasteiger partial charge in [0.05, 0.1) is 18.2 Å². The lowest BCUT2D eigenvalue weighted by molar-refractivity contribution is 0.0650. The standard InChI is InChI=1S/C25H29N3O3/c1-31-20-10-11-23-18(16-20)8-9-19-17-26(14-15-27(19)23)12-4-5-13-28-24(29)21-6-2-3-7-22(21)25(28)30/h2-3,6-7,10-11,16,19H,4-5,8-9,12-15,17H2,1H3/t19-/m1/s1. The average Bonchev–Trinajstić information content (AvgIpc) is 3.06. The zero-order valence-electron chi connectivity index (χ0n) is 18.0. The first kappa shape index (κ1) is 20.1. The second-order valence-corrected chi connectivity index (χ2v) is 8.70. The summed E-state index contributed by atoms with van der Waals surface area (Å²) in [5.41, 5.74) is 3.84. The molecule has 0 aliphatic carbocycles. The molecular formula is C25H29N3O3. The Bertz CT molecular complexity index is 970. The Hall–Kier alpha value is -2.86. The van der Waals surface area contributed by atoms with Crippen LogP contribution in [0.25, 0.3) is 0 Å². The van der Waals surface area contributed by atoms with Crippen molar-refractivity contribution in [3.63, 3.8) is 0 Å². The van der Waals surface area contributed by atoms with E-state index in [4.69, 9.17) is 4.74 Å². The van der Waals surface area contributed by atoms with Crippen LogP contribution in [-0.2, 0) is 6.42 Å². The fourth-order valence-electron chi connectivity index (χ4n) is 5.23. The van der Waals surface area contributed by atoms with Gasteiger partial charge in [0.25, 0.3) is 11.8 Å². The number of carbonyl (C=O) groups excluding carboxylic acids is 2. The number of piperazine rings is 1. The van der Waals surface area contributed by atoms with E-state index in [1.165, 1.54) is 22.6 Å². The number of hydrogen-bond donors (Lipinski definition) is 0. The molecule has 0 aromatic heterocycles. The molecule has 0 radical (unpaired) electrons. The maximum absolute atomic E-state index is 12.5. The van der Waals surface area contributed by atoms with Crippen molar-refractivity contribution in [1.29, 1.82) is 0 Å². The van der Waals surface area contributed by atoms with Crippen molar-refractivity contribution < 1.29 is 14.3 Å². The van der Waals surface area contributed by atoms with Gasteiger partial charge in [-0.05, 0) is 68.1 Å². The molecule has 2 aromatic rings. The lowest BCUT2D eigenvalue weighted by atomic mass is 9.93. The first-order valence-electron chi connectivity index (χ1n) is 11.3. The van der Waals surface area contributed by atoms with Gasteiger partial charge in [-0.1, -0.05) is 12.1 Å². The number of fused-ring (bicyclic) bond motifs is 4. The molecule has 1 saturated heterocycles. The van der Waals surface area contributed by atoms with Crippen LogP contribution in [0.4, 0.5) is 5.69 Å². The maximum atomic E-state index is 12.5. The second-order valence-electron chi connectivity index (χ2n) is 8.70. The molecule has 6 nitrogen and oxygen atoms in total. The quantitative estimate of drug-likeness (QED) is 0.532. The van der Waals surface area contributed by atoms with Gasteiger partial charge in [0.1, 0.15) is 5.75 Å².